The van der Waals surface area contributed by atoms with Gasteiger partial charge >= 0.3 is 0 Å². The summed E-state index contributed by atoms with van der Waals surface area (Å²) in [5.41, 5.74) is 11.0. The summed E-state index contributed by atoms with van der Waals surface area (Å²) in [6.45, 7) is 0. The zero-order valence-electron chi connectivity index (χ0n) is 17.6. The number of rotatable bonds is 1. The molecule has 0 radical (unpaired) electrons. The third-order valence-electron chi connectivity index (χ3n) is 5.99. The maximum Gasteiger partial charge on any atom is 0.0659 e. The number of hydrogen-bond acceptors (Lipinski definition) is 2. The second kappa shape index (κ2) is 6.93. The van der Waals surface area contributed by atoms with Crippen LogP contribution >= 0.6 is 0 Å². The number of H-pyrrole nitrogens is 3. The summed E-state index contributed by atoms with van der Waals surface area (Å²) in [7, 11) is 0. The maximum atomic E-state index is 4.79. The van der Waals surface area contributed by atoms with E-state index in [2.05, 4.69) is 75.6 Å². The van der Waals surface area contributed by atoms with Gasteiger partial charge in [-0.05, 0) is 78.9 Å². The lowest BCUT2D eigenvalue weighted by molar-refractivity contribution is 1.28. The molecule has 0 saturated heterocycles. The van der Waals surface area contributed by atoms with E-state index in [0.717, 1.165) is 61.6 Å². The van der Waals surface area contributed by atoms with E-state index in [9.17, 15) is 0 Å². The third-order valence-corrected chi connectivity index (χ3v) is 5.99. The SMILES string of the molecule is C1=Cc2cc3ccc(cc4cc(-c5cc6ccccc6[nH]5)c(cc5nc(cc1n2)C=C5)[nH]4)[nH]3. The smallest absolute Gasteiger partial charge is 0.0659 e. The molecule has 0 saturated carbocycles. The molecule has 5 heteroatoms. The summed E-state index contributed by atoms with van der Waals surface area (Å²) in [4.78, 5) is 20.1. The first kappa shape index (κ1) is 18.0. The van der Waals surface area contributed by atoms with Crippen LogP contribution in [0.15, 0.2) is 72.8 Å². The van der Waals surface area contributed by atoms with Gasteiger partial charge in [0.05, 0.1) is 28.3 Å². The highest BCUT2D eigenvalue weighted by atomic mass is 14.8. The molecular weight excluding hydrogens is 406 g/mol. The molecule has 2 aliphatic heterocycles. The molecule has 5 aromatic rings. The van der Waals surface area contributed by atoms with Crippen molar-refractivity contribution >= 4 is 57.3 Å². The van der Waals surface area contributed by atoms with Crippen LogP contribution < -0.4 is 0 Å². The number of hydrogen-bond donors (Lipinski definition) is 3. The zero-order chi connectivity index (χ0) is 21.8. The molecule has 7 rings (SSSR count). The Morgan fingerprint density at radius 2 is 1.18 bits per heavy atom. The number of nitrogens with zero attached hydrogens (tertiary/aromatic N) is 2. The van der Waals surface area contributed by atoms with Crippen molar-refractivity contribution in [1.29, 1.82) is 0 Å². The van der Waals surface area contributed by atoms with Crippen molar-refractivity contribution in [2.24, 2.45) is 0 Å². The molecule has 6 heterocycles. The summed E-state index contributed by atoms with van der Waals surface area (Å²) in [6, 6.07) is 25.1. The Bertz CT molecular complexity index is 1740. The van der Waals surface area contributed by atoms with Gasteiger partial charge in [-0.1, -0.05) is 18.2 Å². The van der Waals surface area contributed by atoms with Crippen molar-refractivity contribution in [3.05, 3.63) is 95.6 Å². The minimum absolute atomic E-state index is 0.894. The van der Waals surface area contributed by atoms with Crippen LogP contribution in [0.2, 0.25) is 0 Å². The summed E-state index contributed by atoms with van der Waals surface area (Å²) in [6.07, 6.45) is 8.10. The molecule has 0 spiro atoms. The molecule has 5 nitrogen and oxygen atoms in total. The highest BCUT2D eigenvalue weighted by Gasteiger charge is 2.09. The number of aromatic amines is 3. The third kappa shape index (κ3) is 3.27. The lowest BCUT2D eigenvalue weighted by Crippen LogP contribution is -1.78. The van der Waals surface area contributed by atoms with Crippen molar-refractivity contribution in [1.82, 2.24) is 24.9 Å². The second-order valence-corrected chi connectivity index (χ2v) is 8.36. The van der Waals surface area contributed by atoms with Crippen LogP contribution in [0.3, 0.4) is 0 Å². The van der Waals surface area contributed by atoms with Crippen molar-refractivity contribution < 1.29 is 0 Å². The Morgan fingerprint density at radius 3 is 1.97 bits per heavy atom. The maximum absolute atomic E-state index is 4.79. The monoisotopic (exact) mass is 425 g/mol. The van der Waals surface area contributed by atoms with E-state index in [1.54, 1.807) is 0 Å². The number of nitrogens with one attached hydrogen (secondary N) is 3. The van der Waals surface area contributed by atoms with Crippen molar-refractivity contribution in [3.8, 4) is 11.3 Å². The molecule has 33 heavy (non-hydrogen) atoms. The molecule has 0 amide bonds. The van der Waals surface area contributed by atoms with Gasteiger partial charge in [-0.15, -0.1) is 0 Å². The number of para-hydroxylation sites is 1. The van der Waals surface area contributed by atoms with Gasteiger partial charge in [-0.25, -0.2) is 9.97 Å². The summed E-state index contributed by atoms with van der Waals surface area (Å²) in [5.74, 6) is 0. The first-order valence-electron chi connectivity index (χ1n) is 10.9. The largest absolute Gasteiger partial charge is 0.355 e. The van der Waals surface area contributed by atoms with Gasteiger partial charge < -0.3 is 15.0 Å². The Kier molecular flexibility index (Phi) is 3.78. The van der Waals surface area contributed by atoms with Gasteiger partial charge in [0.2, 0.25) is 0 Å². The highest BCUT2D eigenvalue weighted by molar-refractivity contribution is 5.92. The van der Waals surface area contributed by atoms with Crippen LogP contribution in [0.4, 0.5) is 0 Å². The molecule has 0 aliphatic carbocycles. The fourth-order valence-electron chi connectivity index (χ4n) is 4.46. The van der Waals surface area contributed by atoms with Crippen LogP contribution in [-0.4, -0.2) is 24.9 Å². The molecule has 0 fully saturated rings. The molecule has 8 bridgehead atoms. The second-order valence-electron chi connectivity index (χ2n) is 8.36. The van der Waals surface area contributed by atoms with Gasteiger partial charge in [0, 0.05) is 38.7 Å². The van der Waals surface area contributed by atoms with E-state index in [4.69, 9.17) is 9.97 Å². The predicted molar refractivity (Wildman–Crippen MR) is 136 cm³/mol. The molecular formula is C28H19N5. The highest BCUT2D eigenvalue weighted by Crippen LogP contribution is 2.29. The van der Waals surface area contributed by atoms with E-state index < -0.39 is 0 Å². The van der Waals surface area contributed by atoms with E-state index in [1.807, 2.05) is 36.4 Å². The lowest BCUT2D eigenvalue weighted by atomic mass is 10.1. The zero-order valence-corrected chi connectivity index (χ0v) is 17.6. The molecule has 3 N–H and O–H groups in total. The van der Waals surface area contributed by atoms with Crippen molar-refractivity contribution in [2.45, 2.75) is 0 Å². The van der Waals surface area contributed by atoms with E-state index in [0.29, 0.717) is 0 Å². The van der Waals surface area contributed by atoms with Crippen LogP contribution in [0.25, 0.3) is 68.5 Å². The topological polar surface area (TPSA) is 73.2 Å². The van der Waals surface area contributed by atoms with E-state index >= 15 is 0 Å². The Morgan fingerprint density at radius 1 is 0.485 bits per heavy atom. The Labute approximate surface area is 189 Å². The van der Waals surface area contributed by atoms with E-state index in [-0.39, 0.29) is 0 Å². The fourth-order valence-corrected chi connectivity index (χ4v) is 4.46. The van der Waals surface area contributed by atoms with Gasteiger partial charge in [0.25, 0.3) is 0 Å². The van der Waals surface area contributed by atoms with E-state index in [1.165, 1.54) is 5.39 Å². The lowest BCUT2D eigenvalue weighted by Gasteiger charge is -1.93. The Balaban J connectivity index is 1.54. The van der Waals surface area contributed by atoms with Gasteiger partial charge in [-0.2, -0.15) is 0 Å². The normalized spacial score (nSPS) is 12.6. The summed E-state index contributed by atoms with van der Waals surface area (Å²) < 4.78 is 0. The summed E-state index contributed by atoms with van der Waals surface area (Å²) in [5, 5.41) is 1.19. The van der Waals surface area contributed by atoms with Crippen molar-refractivity contribution in [3.63, 3.8) is 0 Å². The fraction of sp³-hybridized carbons (Fsp3) is 0. The molecule has 0 atom stereocenters. The molecule has 156 valence electrons. The first-order chi connectivity index (χ1) is 16.2. The van der Waals surface area contributed by atoms with Gasteiger partial charge in [0.15, 0.2) is 0 Å². The van der Waals surface area contributed by atoms with Gasteiger partial charge in [-0.3, -0.25) is 0 Å². The van der Waals surface area contributed by atoms with Gasteiger partial charge in [0.1, 0.15) is 0 Å². The standard InChI is InChI=1S/C28H19N5/c1-2-4-26-17(3-1)11-27(33-26)25-15-24-14-22-8-7-20(30-22)12-18-5-6-19(29-18)13-21-9-10-23(31-21)16-28(25)32-24/h1-16,30,32-33H. The molecule has 1 aromatic carbocycles. The predicted octanol–water partition coefficient (Wildman–Crippen LogP) is 6.80. The molecule has 4 aromatic heterocycles. The minimum Gasteiger partial charge on any atom is -0.355 e. The van der Waals surface area contributed by atoms with Crippen molar-refractivity contribution in [2.75, 3.05) is 0 Å². The summed E-state index contributed by atoms with van der Waals surface area (Å²) >= 11 is 0. The quantitative estimate of drug-likeness (QED) is 0.270. The first-order valence-corrected chi connectivity index (χ1v) is 10.9. The van der Waals surface area contributed by atoms with Crippen LogP contribution in [0, 0.1) is 0 Å². The molecule has 2 aliphatic rings. The Hall–Kier alpha value is -4.64. The molecule has 0 unspecified atom stereocenters. The van der Waals surface area contributed by atoms with Crippen LogP contribution in [0.5, 0.6) is 0 Å². The minimum atomic E-state index is 0.894. The average molecular weight is 425 g/mol. The average Bonchev–Trinajstić information content (AvgIpc) is 3.61. The number of aromatic nitrogens is 5. The number of fused-ring (bicyclic) bond motifs is 9. The van der Waals surface area contributed by atoms with Crippen LogP contribution in [0.1, 0.15) is 22.8 Å². The number of benzene rings is 1. The van der Waals surface area contributed by atoms with Crippen LogP contribution in [-0.2, 0) is 0 Å².